The summed E-state index contributed by atoms with van der Waals surface area (Å²) in [5, 5.41) is 0. The van der Waals surface area contributed by atoms with Gasteiger partial charge in [0, 0.05) is 6.54 Å². The topological polar surface area (TPSA) is 26.0 Å². The third-order valence-electron chi connectivity index (χ3n) is 2.27. The van der Waals surface area contributed by atoms with Crippen LogP contribution in [0.1, 0.15) is 25.0 Å². The smallest absolute Gasteiger partial charge is 0.0178 e. The van der Waals surface area contributed by atoms with E-state index < -0.39 is 0 Å². The molecule has 0 bridgehead atoms. The van der Waals surface area contributed by atoms with E-state index in [0.717, 1.165) is 11.1 Å². The third kappa shape index (κ3) is 3.52. The normalized spacial score (nSPS) is 12.1. The van der Waals surface area contributed by atoms with Gasteiger partial charge in [-0.15, -0.1) is 0 Å². The van der Waals surface area contributed by atoms with Crippen molar-refractivity contribution in [3.05, 3.63) is 65.8 Å². The third-order valence-corrected chi connectivity index (χ3v) is 2.27. The first-order chi connectivity index (χ1) is 7.67. The molecule has 0 heterocycles. The fourth-order valence-electron chi connectivity index (χ4n) is 1.51. The van der Waals surface area contributed by atoms with Gasteiger partial charge >= 0.3 is 0 Å². The molecular weight excluding hydrogens is 194 g/mol. The molecule has 0 atom stereocenters. The average molecular weight is 213 g/mol. The van der Waals surface area contributed by atoms with Crippen LogP contribution in [0.5, 0.6) is 0 Å². The molecule has 84 valence electrons. The highest BCUT2D eigenvalue weighted by Crippen LogP contribution is 2.18. The highest BCUT2D eigenvalue weighted by molar-refractivity contribution is 5.75. The van der Waals surface area contributed by atoms with Gasteiger partial charge in [0.25, 0.3) is 0 Å². The molecule has 0 aliphatic carbocycles. The molecule has 0 radical (unpaired) electrons. The highest BCUT2D eigenvalue weighted by Gasteiger charge is 1.97. The first-order valence-electron chi connectivity index (χ1n) is 5.46. The summed E-state index contributed by atoms with van der Waals surface area (Å²) in [6.07, 6.45) is 6.20. The van der Waals surface area contributed by atoms with E-state index in [1.165, 1.54) is 11.1 Å². The summed E-state index contributed by atoms with van der Waals surface area (Å²) < 4.78 is 0. The molecule has 1 aromatic rings. The lowest BCUT2D eigenvalue weighted by molar-refractivity contribution is 1.07. The number of nitrogens with two attached hydrogens (primary N) is 1. The van der Waals surface area contributed by atoms with Gasteiger partial charge in [-0.1, -0.05) is 54.6 Å². The van der Waals surface area contributed by atoms with Gasteiger partial charge in [0.2, 0.25) is 0 Å². The van der Waals surface area contributed by atoms with Gasteiger partial charge in [0.1, 0.15) is 0 Å². The van der Waals surface area contributed by atoms with Crippen molar-refractivity contribution in [1.82, 2.24) is 0 Å². The Balaban J connectivity index is 3.06. The molecule has 0 unspecified atom stereocenters. The van der Waals surface area contributed by atoms with E-state index in [9.17, 15) is 0 Å². The summed E-state index contributed by atoms with van der Waals surface area (Å²) in [4.78, 5) is 0. The van der Waals surface area contributed by atoms with Crippen LogP contribution in [0.15, 0.2) is 54.6 Å². The second kappa shape index (κ2) is 6.09. The molecular formula is C15H19N. The van der Waals surface area contributed by atoms with Crippen LogP contribution < -0.4 is 5.73 Å². The molecule has 0 saturated carbocycles. The Morgan fingerprint density at radius 2 is 1.94 bits per heavy atom. The van der Waals surface area contributed by atoms with E-state index in [0.29, 0.717) is 6.54 Å². The van der Waals surface area contributed by atoms with E-state index in [1.807, 2.05) is 19.9 Å². The number of hydrogen-bond acceptors (Lipinski definition) is 1. The predicted molar refractivity (Wildman–Crippen MR) is 71.9 cm³/mol. The van der Waals surface area contributed by atoms with E-state index in [-0.39, 0.29) is 0 Å². The standard InChI is InChI=1S/C15H19N/c1-4-5-15(10-12(2)3)14-8-6-13(11-16)7-9-14/h4-10H,2,11,16H2,1,3H3/b5-4-,15-10+. The Morgan fingerprint density at radius 3 is 2.38 bits per heavy atom. The van der Waals surface area contributed by atoms with Crippen molar-refractivity contribution in [2.45, 2.75) is 20.4 Å². The van der Waals surface area contributed by atoms with Crippen molar-refractivity contribution in [2.75, 3.05) is 0 Å². The molecule has 0 spiro atoms. The zero-order chi connectivity index (χ0) is 12.0. The Kier molecular flexibility index (Phi) is 4.74. The maximum Gasteiger partial charge on any atom is 0.0178 e. The van der Waals surface area contributed by atoms with Crippen LogP contribution in [0.4, 0.5) is 0 Å². The Bertz CT molecular complexity index is 408. The number of allylic oxidation sites excluding steroid dienone is 5. The first-order valence-corrected chi connectivity index (χ1v) is 5.46. The van der Waals surface area contributed by atoms with Crippen LogP contribution in [0.3, 0.4) is 0 Å². The van der Waals surface area contributed by atoms with Gasteiger partial charge in [0.05, 0.1) is 0 Å². The van der Waals surface area contributed by atoms with Gasteiger partial charge in [-0.2, -0.15) is 0 Å². The minimum absolute atomic E-state index is 0.587. The molecule has 1 aromatic carbocycles. The van der Waals surface area contributed by atoms with Crippen molar-refractivity contribution in [3.8, 4) is 0 Å². The van der Waals surface area contributed by atoms with Gasteiger partial charge in [-0.05, 0) is 30.5 Å². The fraction of sp³-hybridized carbons (Fsp3) is 0.200. The summed E-state index contributed by atoms with van der Waals surface area (Å²) in [5.74, 6) is 0. The molecule has 0 aliphatic heterocycles. The van der Waals surface area contributed by atoms with Crippen molar-refractivity contribution < 1.29 is 0 Å². The molecule has 0 saturated heterocycles. The maximum atomic E-state index is 5.57. The van der Waals surface area contributed by atoms with Crippen molar-refractivity contribution >= 4 is 5.57 Å². The molecule has 2 N–H and O–H groups in total. The van der Waals surface area contributed by atoms with Crippen molar-refractivity contribution in [2.24, 2.45) is 5.73 Å². The molecule has 0 aromatic heterocycles. The van der Waals surface area contributed by atoms with E-state index >= 15 is 0 Å². The Labute approximate surface area is 98.0 Å². The van der Waals surface area contributed by atoms with Crippen LogP contribution in [-0.4, -0.2) is 0 Å². The fourth-order valence-corrected chi connectivity index (χ4v) is 1.51. The van der Waals surface area contributed by atoms with Crippen molar-refractivity contribution in [1.29, 1.82) is 0 Å². The zero-order valence-electron chi connectivity index (χ0n) is 10.0. The summed E-state index contributed by atoms with van der Waals surface area (Å²) >= 11 is 0. The quantitative estimate of drug-likeness (QED) is 0.759. The minimum Gasteiger partial charge on any atom is -0.326 e. The van der Waals surface area contributed by atoms with Crippen LogP contribution in [0.25, 0.3) is 5.57 Å². The van der Waals surface area contributed by atoms with Crippen molar-refractivity contribution in [3.63, 3.8) is 0 Å². The predicted octanol–water partition coefficient (Wildman–Crippen LogP) is 3.68. The molecule has 16 heavy (non-hydrogen) atoms. The van der Waals surface area contributed by atoms with Gasteiger partial charge in [-0.25, -0.2) is 0 Å². The minimum atomic E-state index is 0.587. The zero-order valence-corrected chi connectivity index (χ0v) is 10.0. The maximum absolute atomic E-state index is 5.57. The highest BCUT2D eigenvalue weighted by atomic mass is 14.5. The molecule has 1 rings (SSSR count). The number of benzene rings is 1. The van der Waals surface area contributed by atoms with Gasteiger partial charge < -0.3 is 5.73 Å². The van der Waals surface area contributed by atoms with E-state index in [4.69, 9.17) is 5.73 Å². The SMILES string of the molecule is C=C(C)/C=C(\C=C/C)c1ccc(CN)cc1. The van der Waals surface area contributed by atoms with Crippen LogP contribution in [0, 0.1) is 0 Å². The summed E-state index contributed by atoms with van der Waals surface area (Å²) in [6.45, 7) is 8.51. The molecule has 0 aliphatic rings. The Morgan fingerprint density at radius 1 is 1.31 bits per heavy atom. The van der Waals surface area contributed by atoms with Crippen LogP contribution in [0.2, 0.25) is 0 Å². The lowest BCUT2D eigenvalue weighted by atomic mass is 10.0. The van der Waals surface area contributed by atoms with E-state index in [1.54, 1.807) is 0 Å². The largest absolute Gasteiger partial charge is 0.326 e. The lowest BCUT2D eigenvalue weighted by Gasteiger charge is -2.04. The second-order valence-electron chi connectivity index (χ2n) is 3.85. The molecule has 0 fully saturated rings. The van der Waals surface area contributed by atoms with Gasteiger partial charge in [-0.3, -0.25) is 0 Å². The first kappa shape index (κ1) is 12.5. The second-order valence-corrected chi connectivity index (χ2v) is 3.85. The summed E-state index contributed by atoms with van der Waals surface area (Å²) in [7, 11) is 0. The number of hydrogen-bond donors (Lipinski definition) is 1. The number of rotatable bonds is 4. The lowest BCUT2D eigenvalue weighted by Crippen LogP contribution is -1.95. The van der Waals surface area contributed by atoms with Gasteiger partial charge in [0.15, 0.2) is 0 Å². The molecule has 0 amide bonds. The monoisotopic (exact) mass is 213 g/mol. The van der Waals surface area contributed by atoms with Crippen LogP contribution in [-0.2, 0) is 6.54 Å². The summed E-state index contributed by atoms with van der Waals surface area (Å²) in [6, 6.07) is 8.31. The summed E-state index contributed by atoms with van der Waals surface area (Å²) in [5.41, 5.74) is 10.1. The van der Waals surface area contributed by atoms with Crippen LogP contribution >= 0.6 is 0 Å². The average Bonchev–Trinajstić information content (AvgIpc) is 2.28. The van der Waals surface area contributed by atoms with E-state index in [2.05, 4.69) is 43.0 Å². The molecule has 1 heteroatoms. The molecule has 1 nitrogen and oxygen atoms in total. The Hall–Kier alpha value is -1.60.